The second-order valence-corrected chi connectivity index (χ2v) is 3.42. The van der Waals surface area contributed by atoms with Gasteiger partial charge in [-0.1, -0.05) is 18.2 Å². The number of nitrogens with zero attached hydrogens (tertiary/aromatic N) is 2. The normalized spacial score (nSPS) is 10.5. The molecule has 1 aromatic carbocycles. The fourth-order valence-electron chi connectivity index (χ4n) is 1.57. The van der Waals surface area contributed by atoms with Crippen molar-refractivity contribution in [1.82, 2.24) is 15.1 Å². The molecule has 0 fully saturated rings. The van der Waals surface area contributed by atoms with Gasteiger partial charge in [0.2, 0.25) is 0 Å². The average Bonchev–Trinajstić information content (AvgIpc) is 2.75. The molecule has 1 heterocycles. The van der Waals surface area contributed by atoms with Crippen LogP contribution < -0.4 is 5.32 Å². The molecule has 2 rings (SSSR count). The van der Waals surface area contributed by atoms with Gasteiger partial charge in [0.05, 0.1) is 5.69 Å². The molecule has 0 spiro atoms. The molecule has 78 valence electrons. The summed E-state index contributed by atoms with van der Waals surface area (Å²) in [5.41, 5.74) is 2.35. The van der Waals surface area contributed by atoms with Crippen molar-refractivity contribution in [3.63, 3.8) is 0 Å². The van der Waals surface area contributed by atoms with Gasteiger partial charge in [0.15, 0.2) is 0 Å². The van der Waals surface area contributed by atoms with Gasteiger partial charge in [-0.15, -0.1) is 0 Å². The number of hydrogen-bond donors (Lipinski definition) is 1. The summed E-state index contributed by atoms with van der Waals surface area (Å²) in [6, 6.07) is 12.3. The van der Waals surface area contributed by atoms with Crippen LogP contribution in [0.3, 0.4) is 0 Å². The van der Waals surface area contributed by atoms with Crippen LogP contribution in [0.25, 0.3) is 5.69 Å². The van der Waals surface area contributed by atoms with Crippen LogP contribution in [0.4, 0.5) is 0 Å². The van der Waals surface area contributed by atoms with Crippen molar-refractivity contribution in [2.75, 3.05) is 13.6 Å². The molecule has 0 atom stereocenters. The van der Waals surface area contributed by atoms with E-state index in [0.29, 0.717) is 0 Å². The van der Waals surface area contributed by atoms with E-state index >= 15 is 0 Å². The minimum absolute atomic E-state index is 0.971. The van der Waals surface area contributed by atoms with Gasteiger partial charge in [0.25, 0.3) is 0 Å². The Labute approximate surface area is 89.7 Å². The van der Waals surface area contributed by atoms with E-state index in [1.54, 1.807) is 0 Å². The van der Waals surface area contributed by atoms with E-state index in [0.717, 1.165) is 18.7 Å². The molecule has 1 N–H and O–H groups in total. The molecule has 0 aliphatic rings. The van der Waals surface area contributed by atoms with Crippen molar-refractivity contribution in [3.8, 4) is 5.69 Å². The van der Waals surface area contributed by atoms with Crippen molar-refractivity contribution in [3.05, 3.63) is 48.3 Å². The van der Waals surface area contributed by atoms with Gasteiger partial charge in [-0.2, -0.15) is 5.10 Å². The van der Waals surface area contributed by atoms with Crippen LogP contribution in [0.15, 0.2) is 42.6 Å². The first-order chi connectivity index (χ1) is 7.42. The number of para-hydroxylation sites is 1. The van der Waals surface area contributed by atoms with E-state index in [1.165, 1.54) is 5.69 Å². The lowest BCUT2D eigenvalue weighted by atomic mass is 10.2. The summed E-state index contributed by atoms with van der Waals surface area (Å²) in [6.45, 7) is 0.971. The fraction of sp³-hybridized carbons (Fsp3) is 0.250. The zero-order valence-electron chi connectivity index (χ0n) is 8.85. The van der Waals surface area contributed by atoms with Gasteiger partial charge in [-0.25, -0.2) is 4.68 Å². The third kappa shape index (κ3) is 2.25. The van der Waals surface area contributed by atoms with E-state index in [2.05, 4.69) is 28.6 Å². The largest absolute Gasteiger partial charge is 0.319 e. The molecule has 0 aliphatic heterocycles. The maximum atomic E-state index is 4.33. The van der Waals surface area contributed by atoms with Crippen LogP contribution in [-0.2, 0) is 6.42 Å². The number of hydrogen-bond acceptors (Lipinski definition) is 2. The van der Waals surface area contributed by atoms with Crippen molar-refractivity contribution in [2.24, 2.45) is 0 Å². The number of rotatable bonds is 4. The summed E-state index contributed by atoms with van der Waals surface area (Å²) in [6.07, 6.45) is 2.84. The Morgan fingerprint density at radius 1 is 1.20 bits per heavy atom. The van der Waals surface area contributed by atoms with Gasteiger partial charge in [0, 0.05) is 24.9 Å². The predicted octanol–water partition coefficient (Wildman–Crippen LogP) is 1.63. The van der Waals surface area contributed by atoms with Crippen LogP contribution >= 0.6 is 0 Å². The first-order valence-corrected chi connectivity index (χ1v) is 5.15. The van der Waals surface area contributed by atoms with Gasteiger partial charge in [0.1, 0.15) is 0 Å². The third-order valence-corrected chi connectivity index (χ3v) is 2.35. The molecular formula is C12H15N3. The Balaban J connectivity index is 2.25. The Kier molecular flexibility index (Phi) is 3.15. The Morgan fingerprint density at radius 2 is 2.00 bits per heavy atom. The molecular weight excluding hydrogens is 186 g/mol. The van der Waals surface area contributed by atoms with Gasteiger partial charge in [-0.05, 0) is 25.2 Å². The quantitative estimate of drug-likeness (QED) is 0.815. The molecule has 0 saturated carbocycles. The highest BCUT2D eigenvalue weighted by atomic mass is 15.3. The van der Waals surface area contributed by atoms with Crippen LogP contribution in [0.5, 0.6) is 0 Å². The van der Waals surface area contributed by atoms with Crippen molar-refractivity contribution < 1.29 is 0 Å². The Bertz CT molecular complexity index is 406. The number of aromatic nitrogens is 2. The molecule has 1 aromatic heterocycles. The molecule has 0 radical (unpaired) electrons. The summed E-state index contributed by atoms with van der Waals surface area (Å²) >= 11 is 0. The maximum absolute atomic E-state index is 4.33. The molecule has 0 amide bonds. The van der Waals surface area contributed by atoms with E-state index < -0.39 is 0 Å². The lowest BCUT2D eigenvalue weighted by molar-refractivity contribution is 0.733. The van der Waals surface area contributed by atoms with E-state index in [9.17, 15) is 0 Å². The van der Waals surface area contributed by atoms with Crippen LogP contribution in [0.2, 0.25) is 0 Å². The van der Waals surface area contributed by atoms with Crippen LogP contribution in [0.1, 0.15) is 5.69 Å². The molecule has 3 nitrogen and oxygen atoms in total. The number of likely N-dealkylation sites (N-methyl/N-ethyl adjacent to an activating group) is 1. The minimum atomic E-state index is 0.971. The molecule has 2 aromatic rings. The van der Waals surface area contributed by atoms with Crippen LogP contribution in [0, 0.1) is 0 Å². The highest BCUT2D eigenvalue weighted by Gasteiger charge is 2.02. The van der Waals surface area contributed by atoms with Crippen molar-refractivity contribution >= 4 is 0 Å². The molecule has 0 bridgehead atoms. The molecule has 0 unspecified atom stereocenters. The number of benzene rings is 1. The molecule has 0 saturated heterocycles. The summed E-state index contributed by atoms with van der Waals surface area (Å²) in [5, 5.41) is 7.47. The van der Waals surface area contributed by atoms with Gasteiger partial charge in [-0.3, -0.25) is 0 Å². The van der Waals surface area contributed by atoms with Gasteiger partial charge >= 0.3 is 0 Å². The maximum Gasteiger partial charge on any atom is 0.0648 e. The van der Waals surface area contributed by atoms with Crippen molar-refractivity contribution in [2.45, 2.75) is 6.42 Å². The molecule has 3 heteroatoms. The topological polar surface area (TPSA) is 29.9 Å². The minimum Gasteiger partial charge on any atom is -0.319 e. The summed E-state index contributed by atoms with van der Waals surface area (Å²) < 4.78 is 1.98. The highest BCUT2D eigenvalue weighted by molar-refractivity contribution is 5.32. The predicted molar refractivity (Wildman–Crippen MR) is 61.2 cm³/mol. The smallest absolute Gasteiger partial charge is 0.0648 e. The Morgan fingerprint density at radius 3 is 2.73 bits per heavy atom. The first-order valence-electron chi connectivity index (χ1n) is 5.15. The number of nitrogens with one attached hydrogen (secondary N) is 1. The summed E-state index contributed by atoms with van der Waals surface area (Å²) in [7, 11) is 1.96. The zero-order chi connectivity index (χ0) is 10.5. The van der Waals surface area contributed by atoms with E-state index in [4.69, 9.17) is 0 Å². The average molecular weight is 201 g/mol. The van der Waals surface area contributed by atoms with Gasteiger partial charge < -0.3 is 5.32 Å². The summed E-state index contributed by atoms with van der Waals surface area (Å²) in [4.78, 5) is 0. The SMILES string of the molecule is CNCCc1ccnn1-c1ccccc1. The van der Waals surface area contributed by atoms with Crippen molar-refractivity contribution in [1.29, 1.82) is 0 Å². The second-order valence-electron chi connectivity index (χ2n) is 3.42. The lowest BCUT2D eigenvalue weighted by Gasteiger charge is -2.06. The standard InChI is InChI=1S/C12H15N3/c1-13-9-7-12-8-10-14-15(12)11-5-3-2-4-6-11/h2-6,8,10,13H,7,9H2,1H3. The van der Waals surface area contributed by atoms with E-state index in [1.807, 2.05) is 36.1 Å². The molecule has 15 heavy (non-hydrogen) atoms. The van der Waals surface area contributed by atoms with Crippen LogP contribution in [-0.4, -0.2) is 23.4 Å². The summed E-state index contributed by atoms with van der Waals surface area (Å²) in [5.74, 6) is 0. The van der Waals surface area contributed by atoms with E-state index in [-0.39, 0.29) is 0 Å². The second kappa shape index (κ2) is 4.75. The lowest BCUT2D eigenvalue weighted by Crippen LogP contribution is -2.13. The first kappa shape index (κ1) is 9.93. The monoisotopic (exact) mass is 201 g/mol. The molecule has 0 aliphatic carbocycles. The Hall–Kier alpha value is -1.61. The third-order valence-electron chi connectivity index (χ3n) is 2.35. The zero-order valence-corrected chi connectivity index (χ0v) is 8.85. The highest BCUT2D eigenvalue weighted by Crippen LogP contribution is 2.09. The fourth-order valence-corrected chi connectivity index (χ4v) is 1.57.